The highest BCUT2D eigenvalue weighted by Gasteiger charge is 2.44. The second-order valence-corrected chi connectivity index (χ2v) is 7.09. The Hall–Kier alpha value is -3.54. The van der Waals surface area contributed by atoms with E-state index in [2.05, 4.69) is 5.32 Å². The van der Waals surface area contributed by atoms with Gasteiger partial charge < -0.3 is 19.5 Å². The van der Waals surface area contributed by atoms with Crippen LogP contribution in [0.25, 0.3) is 5.70 Å². The lowest BCUT2D eigenvalue weighted by Crippen LogP contribution is -2.29. The Labute approximate surface area is 175 Å². The monoisotopic (exact) mass is 405 g/mol. The average Bonchev–Trinajstić information content (AvgIpc) is 3.04. The van der Waals surface area contributed by atoms with Crippen LogP contribution in [0.1, 0.15) is 41.3 Å². The molecule has 6 heteroatoms. The molecule has 1 heterocycles. The van der Waals surface area contributed by atoms with Crippen LogP contribution >= 0.6 is 0 Å². The maximum atomic E-state index is 13.5. The number of carbonyl (C=O) groups is 2. The van der Waals surface area contributed by atoms with Crippen LogP contribution in [0.15, 0.2) is 59.3 Å². The molecule has 0 fully saturated rings. The predicted molar refractivity (Wildman–Crippen MR) is 112 cm³/mol. The molecule has 1 aliphatic carbocycles. The van der Waals surface area contributed by atoms with Gasteiger partial charge in [0.2, 0.25) is 0 Å². The molecule has 0 saturated carbocycles. The van der Waals surface area contributed by atoms with E-state index in [0.717, 1.165) is 11.3 Å². The van der Waals surface area contributed by atoms with Gasteiger partial charge in [0.15, 0.2) is 5.78 Å². The van der Waals surface area contributed by atoms with Crippen LogP contribution < -0.4 is 14.8 Å². The van der Waals surface area contributed by atoms with E-state index in [1.165, 1.54) is 0 Å². The number of hydrogen-bond donors (Lipinski definition) is 1. The molecule has 0 amide bonds. The van der Waals surface area contributed by atoms with Gasteiger partial charge in [-0.1, -0.05) is 24.3 Å². The van der Waals surface area contributed by atoms with Gasteiger partial charge >= 0.3 is 5.97 Å². The van der Waals surface area contributed by atoms with Crippen LogP contribution in [0.5, 0.6) is 11.5 Å². The third kappa shape index (κ3) is 2.96. The number of ketones is 1. The molecule has 2 aromatic rings. The van der Waals surface area contributed by atoms with Crippen molar-refractivity contribution >= 4 is 17.4 Å². The maximum absolute atomic E-state index is 13.5. The van der Waals surface area contributed by atoms with Crippen molar-refractivity contribution in [1.82, 2.24) is 5.32 Å². The third-order valence-corrected chi connectivity index (χ3v) is 5.49. The summed E-state index contributed by atoms with van der Waals surface area (Å²) < 4.78 is 16.4. The standard InChI is InChI=1S/C24H23NO5/c1-5-30-24(27)19-13(2)25-22-15-8-6-7-9-16(15)23(26)21(22)20(19)17-12-14(28-3)10-11-18(17)29-4/h6-12,20,25H,5H2,1-4H3/t20-/m1/s1. The first-order valence-electron chi connectivity index (χ1n) is 9.76. The first-order valence-corrected chi connectivity index (χ1v) is 9.76. The van der Waals surface area contributed by atoms with E-state index >= 15 is 0 Å². The lowest BCUT2D eigenvalue weighted by atomic mass is 9.79. The average molecular weight is 405 g/mol. The number of hydrogen-bond acceptors (Lipinski definition) is 6. The number of benzene rings is 2. The molecule has 6 nitrogen and oxygen atoms in total. The number of allylic oxidation sites excluding steroid dienone is 2. The van der Waals surface area contributed by atoms with Crippen LogP contribution in [0.4, 0.5) is 0 Å². The second-order valence-electron chi connectivity index (χ2n) is 7.09. The topological polar surface area (TPSA) is 73.9 Å². The number of fused-ring (bicyclic) bond motifs is 2. The highest BCUT2D eigenvalue weighted by atomic mass is 16.5. The van der Waals surface area contributed by atoms with Gasteiger partial charge in [0.1, 0.15) is 11.5 Å². The lowest BCUT2D eigenvalue weighted by Gasteiger charge is -2.30. The van der Waals surface area contributed by atoms with Crippen LogP contribution in [0, 0.1) is 0 Å². The zero-order valence-corrected chi connectivity index (χ0v) is 17.4. The summed E-state index contributed by atoms with van der Waals surface area (Å²) in [5.41, 5.74) is 4.38. The Bertz CT molecular complexity index is 1110. The molecule has 0 spiro atoms. The number of esters is 1. The van der Waals surface area contributed by atoms with E-state index < -0.39 is 11.9 Å². The minimum atomic E-state index is -0.648. The summed E-state index contributed by atoms with van der Waals surface area (Å²) >= 11 is 0. The Kier molecular flexibility index (Phi) is 5.08. The Morgan fingerprint density at radius 2 is 1.80 bits per heavy atom. The van der Waals surface area contributed by atoms with Crippen molar-refractivity contribution in [3.63, 3.8) is 0 Å². The van der Waals surface area contributed by atoms with Gasteiger partial charge in [0.05, 0.1) is 38.0 Å². The number of rotatable bonds is 5. The SMILES string of the molecule is CCOC(=O)C1=C(C)NC2=C(C(=O)c3ccccc32)[C@@H]1c1cc(OC)ccc1OC. The summed E-state index contributed by atoms with van der Waals surface area (Å²) in [6.45, 7) is 3.81. The van der Waals surface area contributed by atoms with E-state index in [1.807, 2.05) is 31.2 Å². The zero-order chi connectivity index (χ0) is 21.4. The van der Waals surface area contributed by atoms with Crippen molar-refractivity contribution in [3.8, 4) is 11.5 Å². The van der Waals surface area contributed by atoms with Crippen molar-refractivity contribution in [3.05, 3.63) is 76.0 Å². The fourth-order valence-corrected chi connectivity index (χ4v) is 4.18. The summed E-state index contributed by atoms with van der Waals surface area (Å²) in [5.74, 6) is -0.0570. The fraction of sp³-hybridized carbons (Fsp3) is 0.250. The molecule has 2 aromatic carbocycles. The Morgan fingerprint density at radius 3 is 2.47 bits per heavy atom. The highest BCUT2D eigenvalue weighted by Crippen LogP contribution is 2.49. The molecule has 0 aromatic heterocycles. The van der Waals surface area contributed by atoms with Gasteiger partial charge in [-0.25, -0.2) is 4.79 Å². The lowest BCUT2D eigenvalue weighted by molar-refractivity contribution is -0.138. The number of methoxy groups -OCH3 is 2. The van der Waals surface area contributed by atoms with Crippen LogP contribution in [-0.4, -0.2) is 32.6 Å². The highest BCUT2D eigenvalue weighted by molar-refractivity contribution is 6.23. The van der Waals surface area contributed by atoms with Crippen LogP contribution in [-0.2, 0) is 9.53 Å². The maximum Gasteiger partial charge on any atom is 0.336 e. The van der Waals surface area contributed by atoms with Gasteiger partial charge in [0, 0.05) is 28.0 Å². The molecule has 1 aliphatic heterocycles. The van der Waals surface area contributed by atoms with Gasteiger partial charge in [-0.15, -0.1) is 0 Å². The Balaban J connectivity index is 1.99. The van der Waals surface area contributed by atoms with Gasteiger partial charge in [0.25, 0.3) is 0 Å². The summed E-state index contributed by atoms with van der Waals surface area (Å²) in [6, 6.07) is 12.8. The smallest absolute Gasteiger partial charge is 0.336 e. The largest absolute Gasteiger partial charge is 0.497 e. The molecule has 1 atom stereocenters. The van der Waals surface area contributed by atoms with Crippen molar-refractivity contribution in [2.75, 3.05) is 20.8 Å². The number of Topliss-reactive ketones (excluding diaryl/α,β-unsaturated/α-hetero) is 1. The van der Waals surface area contributed by atoms with E-state index in [4.69, 9.17) is 14.2 Å². The molecular formula is C24H23NO5. The number of dihydropyridines is 1. The van der Waals surface area contributed by atoms with Crippen molar-refractivity contribution in [2.45, 2.75) is 19.8 Å². The van der Waals surface area contributed by atoms with Crippen LogP contribution in [0.2, 0.25) is 0 Å². The Morgan fingerprint density at radius 1 is 1.07 bits per heavy atom. The van der Waals surface area contributed by atoms with Gasteiger partial charge in [-0.05, 0) is 32.0 Å². The summed E-state index contributed by atoms with van der Waals surface area (Å²) in [5, 5.41) is 3.29. The molecule has 0 unspecified atom stereocenters. The van der Waals surface area contributed by atoms with E-state index in [-0.39, 0.29) is 12.4 Å². The van der Waals surface area contributed by atoms with Crippen LogP contribution in [0.3, 0.4) is 0 Å². The summed E-state index contributed by atoms with van der Waals surface area (Å²) in [4.78, 5) is 26.4. The minimum absolute atomic E-state index is 0.114. The normalized spacial score (nSPS) is 17.3. The quantitative estimate of drug-likeness (QED) is 0.762. The predicted octanol–water partition coefficient (Wildman–Crippen LogP) is 3.84. The molecule has 0 bridgehead atoms. The number of carbonyl (C=O) groups excluding carboxylic acids is 2. The molecule has 4 rings (SSSR count). The van der Waals surface area contributed by atoms with Gasteiger partial charge in [-0.2, -0.15) is 0 Å². The molecule has 0 saturated heterocycles. The van der Waals surface area contributed by atoms with Crippen molar-refractivity contribution < 1.29 is 23.8 Å². The summed E-state index contributed by atoms with van der Waals surface area (Å²) in [6.07, 6.45) is 0. The first-order chi connectivity index (χ1) is 14.5. The van der Waals surface area contributed by atoms with E-state index in [0.29, 0.717) is 39.5 Å². The van der Waals surface area contributed by atoms with E-state index in [9.17, 15) is 9.59 Å². The van der Waals surface area contributed by atoms with Gasteiger partial charge in [-0.3, -0.25) is 4.79 Å². The molecular weight excluding hydrogens is 382 g/mol. The van der Waals surface area contributed by atoms with Crippen molar-refractivity contribution in [2.24, 2.45) is 0 Å². The summed E-state index contributed by atoms with van der Waals surface area (Å²) in [7, 11) is 3.14. The molecule has 30 heavy (non-hydrogen) atoms. The third-order valence-electron chi connectivity index (χ3n) is 5.49. The van der Waals surface area contributed by atoms with E-state index in [1.54, 1.807) is 39.3 Å². The molecule has 154 valence electrons. The fourth-order valence-electron chi connectivity index (χ4n) is 4.18. The molecule has 2 aliphatic rings. The van der Waals surface area contributed by atoms with Crippen molar-refractivity contribution in [1.29, 1.82) is 0 Å². The number of nitrogens with one attached hydrogen (secondary N) is 1. The first kappa shape index (κ1) is 19.8. The molecule has 1 N–H and O–H groups in total. The zero-order valence-electron chi connectivity index (χ0n) is 17.4. The second kappa shape index (κ2) is 7.71. The number of ether oxygens (including phenoxy) is 3. The minimum Gasteiger partial charge on any atom is -0.497 e. The molecule has 0 radical (unpaired) electrons.